The summed E-state index contributed by atoms with van der Waals surface area (Å²) in [6.45, 7) is 1.57. The van der Waals surface area contributed by atoms with Crippen molar-refractivity contribution in [1.82, 2.24) is 10.2 Å². The quantitative estimate of drug-likeness (QED) is 0.885. The van der Waals surface area contributed by atoms with Gasteiger partial charge in [0.1, 0.15) is 0 Å². The number of piperidine rings is 1. The van der Waals surface area contributed by atoms with E-state index in [-0.39, 0.29) is 0 Å². The molecule has 1 aromatic heterocycles. The number of halogens is 2. The number of rotatable bonds is 2. The molecule has 1 aliphatic rings. The topological polar surface area (TPSA) is 55.0 Å². The second-order valence-corrected chi connectivity index (χ2v) is 4.67. The van der Waals surface area contributed by atoms with Gasteiger partial charge in [0.05, 0.1) is 5.69 Å². The van der Waals surface area contributed by atoms with Crippen molar-refractivity contribution in [3.8, 4) is 0 Å². The molecule has 1 unspecified atom stereocenters. The Morgan fingerprint density at radius 2 is 2.19 bits per heavy atom. The van der Waals surface area contributed by atoms with Gasteiger partial charge in [0.2, 0.25) is 0 Å². The first-order valence-corrected chi connectivity index (χ1v) is 6.13. The van der Waals surface area contributed by atoms with Crippen LogP contribution in [0.4, 0.5) is 5.69 Å². The van der Waals surface area contributed by atoms with E-state index in [0.29, 0.717) is 22.9 Å². The van der Waals surface area contributed by atoms with E-state index in [4.69, 9.17) is 28.9 Å². The monoisotopic (exact) mass is 260 g/mol. The Bertz CT molecular complexity index is 372. The van der Waals surface area contributed by atoms with Gasteiger partial charge in [-0.2, -0.15) is 0 Å². The average Bonchev–Trinajstić information content (AvgIpc) is 2.32. The molecule has 88 valence electrons. The first-order chi connectivity index (χ1) is 7.72. The van der Waals surface area contributed by atoms with Gasteiger partial charge in [-0.1, -0.05) is 23.2 Å². The van der Waals surface area contributed by atoms with E-state index in [0.717, 1.165) is 25.1 Å². The van der Waals surface area contributed by atoms with Crippen LogP contribution in [-0.4, -0.2) is 29.3 Å². The first kappa shape index (κ1) is 11.9. The molecule has 1 aliphatic heterocycles. The molecular formula is C10H14Cl2N4. The Balaban J connectivity index is 2.30. The zero-order valence-electron chi connectivity index (χ0n) is 8.87. The highest BCUT2D eigenvalue weighted by Gasteiger charge is 2.23. The van der Waals surface area contributed by atoms with E-state index in [1.165, 1.54) is 6.42 Å². The van der Waals surface area contributed by atoms with E-state index in [2.05, 4.69) is 15.1 Å². The van der Waals surface area contributed by atoms with Gasteiger partial charge in [-0.05, 0) is 19.3 Å². The van der Waals surface area contributed by atoms with Crippen molar-refractivity contribution < 1.29 is 0 Å². The Morgan fingerprint density at radius 3 is 2.94 bits per heavy atom. The Kier molecular flexibility index (Phi) is 3.84. The van der Waals surface area contributed by atoms with Crippen molar-refractivity contribution in [2.24, 2.45) is 5.73 Å². The molecule has 0 amide bonds. The highest BCUT2D eigenvalue weighted by Crippen LogP contribution is 2.30. The van der Waals surface area contributed by atoms with Gasteiger partial charge in [0.25, 0.3) is 0 Å². The zero-order chi connectivity index (χ0) is 11.5. The van der Waals surface area contributed by atoms with Crippen LogP contribution in [0.1, 0.15) is 19.3 Å². The van der Waals surface area contributed by atoms with Crippen molar-refractivity contribution in [2.75, 3.05) is 18.0 Å². The molecule has 0 aliphatic carbocycles. The second-order valence-electron chi connectivity index (χ2n) is 3.92. The molecule has 0 spiro atoms. The summed E-state index contributed by atoms with van der Waals surface area (Å²) in [7, 11) is 0. The number of hydrogen-bond donors (Lipinski definition) is 1. The summed E-state index contributed by atoms with van der Waals surface area (Å²) in [6, 6.07) is 2.08. The third-order valence-electron chi connectivity index (χ3n) is 2.91. The summed E-state index contributed by atoms with van der Waals surface area (Å²) in [4.78, 5) is 2.19. The van der Waals surface area contributed by atoms with Gasteiger partial charge in [0, 0.05) is 25.2 Å². The molecule has 4 nitrogen and oxygen atoms in total. The second kappa shape index (κ2) is 5.17. The van der Waals surface area contributed by atoms with Gasteiger partial charge < -0.3 is 10.6 Å². The molecule has 16 heavy (non-hydrogen) atoms. The number of anilines is 1. The summed E-state index contributed by atoms with van der Waals surface area (Å²) in [5.74, 6) is 0. The predicted octanol–water partition coefficient (Wildman–Crippen LogP) is 2.10. The van der Waals surface area contributed by atoms with Crippen LogP contribution in [0, 0.1) is 0 Å². The molecule has 1 atom stereocenters. The van der Waals surface area contributed by atoms with Gasteiger partial charge in [0.15, 0.2) is 10.3 Å². The lowest BCUT2D eigenvalue weighted by molar-refractivity contribution is 0.465. The highest BCUT2D eigenvalue weighted by atomic mass is 35.5. The minimum absolute atomic E-state index is 0.325. The average molecular weight is 261 g/mol. The van der Waals surface area contributed by atoms with Crippen LogP contribution in [0.25, 0.3) is 0 Å². The van der Waals surface area contributed by atoms with E-state index < -0.39 is 0 Å². The zero-order valence-corrected chi connectivity index (χ0v) is 10.4. The van der Waals surface area contributed by atoms with Gasteiger partial charge in [-0.25, -0.2) is 0 Å². The van der Waals surface area contributed by atoms with Gasteiger partial charge in [-0.15, -0.1) is 10.2 Å². The van der Waals surface area contributed by atoms with Crippen LogP contribution in [-0.2, 0) is 0 Å². The van der Waals surface area contributed by atoms with Crippen molar-refractivity contribution in [3.05, 3.63) is 16.4 Å². The Morgan fingerprint density at radius 1 is 1.38 bits per heavy atom. The Labute approximate surface area is 105 Å². The molecule has 1 saturated heterocycles. The third-order valence-corrected chi connectivity index (χ3v) is 3.36. The minimum Gasteiger partial charge on any atom is -0.365 e. The summed E-state index contributed by atoms with van der Waals surface area (Å²) < 4.78 is 0. The molecule has 1 aromatic rings. The van der Waals surface area contributed by atoms with Crippen molar-refractivity contribution >= 4 is 28.9 Å². The number of nitrogens with zero attached hydrogens (tertiary/aromatic N) is 3. The smallest absolute Gasteiger partial charge is 0.175 e. The van der Waals surface area contributed by atoms with Gasteiger partial charge >= 0.3 is 0 Å². The third kappa shape index (κ3) is 2.39. The van der Waals surface area contributed by atoms with Crippen molar-refractivity contribution in [2.45, 2.75) is 25.3 Å². The molecule has 0 saturated carbocycles. The summed E-state index contributed by atoms with van der Waals surface area (Å²) in [5, 5.41) is 8.29. The summed E-state index contributed by atoms with van der Waals surface area (Å²) >= 11 is 11.9. The SMILES string of the molecule is NCC1CCCCN1c1cc(Cl)nnc1Cl. The molecule has 2 N–H and O–H groups in total. The van der Waals surface area contributed by atoms with Crippen LogP contribution >= 0.6 is 23.2 Å². The number of nitrogens with two attached hydrogens (primary N) is 1. The number of aromatic nitrogens is 2. The molecular weight excluding hydrogens is 247 g/mol. The lowest BCUT2D eigenvalue weighted by atomic mass is 10.0. The van der Waals surface area contributed by atoms with Crippen LogP contribution in [0.15, 0.2) is 6.07 Å². The van der Waals surface area contributed by atoms with Gasteiger partial charge in [-0.3, -0.25) is 0 Å². The largest absolute Gasteiger partial charge is 0.365 e. The Hall–Kier alpha value is -0.580. The predicted molar refractivity (Wildman–Crippen MR) is 66.1 cm³/mol. The standard InChI is InChI=1S/C10H14Cl2N4/c11-9-5-8(10(12)15-14-9)16-4-2-1-3-7(16)6-13/h5,7H,1-4,6,13H2. The maximum atomic E-state index is 6.04. The summed E-state index contributed by atoms with van der Waals surface area (Å²) in [6.07, 6.45) is 3.45. The van der Waals surface area contributed by atoms with E-state index in [1.54, 1.807) is 6.07 Å². The normalized spacial score (nSPS) is 21.2. The molecule has 0 radical (unpaired) electrons. The van der Waals surface area contributed by atoms with E-state index in [9.17, 15) is 0 Å². The maximum Gasteiger partial charge on any atom is 0.175 e. The molecule has 2 rings (SSSR count). The van der Waals surface area contributed by atoms with E-state index >= 15 is 0 Å². The maximum absolute atomic E-state index is 6.04. The van der Waals surface area contributed by atoms with Crippen LogP contribution in [0.5, 0.6) is 0 Å². The molecule has 1 fully saturated rings. The molecule has 0 bridgehead atoms. The fourth-order valence-corrected chi connectivity index (χ4v) is 2.45. The lowest BCUT2D eigenvalue weighted by Crippen LogP contribution is -2.44. The van der Waals surface area contributed by atoms with E-state index in [1.807, 2.05) is 0 Å². The minimum atomic E-state index is 0.325. The molecule has 6 heteroatoms. The summed E-state index contributed by atoms with van der Waals surface area (Å²) in [5.41, 5.74) is 6.61. The van der Waals surface area contributed by atoms with Crippen molar-refractivity contribution in [3.63, 3.8) is 0 Å². The number of hydrogen-bond acceptors (Lipinski definition) is 4. The molecule has 2 heterocycles. The highest BCUT2D eigenvalue weighted by molar-refractivity contribution is 6.33. The molecule has 0 aromatic carbocycles. The van der Waals surface area contributed by atoms with Crippen LogP contribution in [0.3, 0.4) is 0 Å². The van der Waals surface area contributed by atoms with Crippen LogP contribution in [0.2, 0.25) is 10.3 Å². The van der Waals surface area contributed by atoms with Crippen molar-refractivity contribution in [1.29, 1.82) is 0 Å². The van der Waals surface area contributed by atoms with Crippen LogP contribution < -0.4 is 10.6 Å². The fourth-order valence-electron chi connectivity index (χ4n) is 2.11. The first-order valence-electron chi connectivity index (χ1n) is 5.38. The lowest BCUT2D eigenvalue weighted by Gasteiger charge is -2.36. The fraction of sp³-hybridized carbons (Fsp3) is 0.600.